The molecule has 5 nitrogen and oxygen atoms in total. The number of benzene rings is 1. The first-order valence-corrected chi connectivity index (χ1v) is 8.31. The molecule has 5 heteroatoms. The molecule has 1 fully saturated rings. The van der Waals surface area contributed by atoms with E-state index in [-0.39, 0.29) is 11.9 Å². The van der Waals surface area contributed by atoms with Crippen molar-refractivity contribution in [1.82, 2.24) is 4.90 Å². The quantitative estimate of drug-likeness (QED) is 0.783. The van der Waals surface area contributed by atoms with Crippen LogP contribution in [0.15, 0.2) is 24.3 Å². The van der Waals surface area contributed by atoms with Gasteiger partial charge >= 0.3 is 5.97 Å². The number of rotatable bonds is 5. The lowest BCUT2D eigenvalue weighted by molar-refractivity contribution is -0.132. The minimum absolute atomic E-state index is 0.248. The first-order valence-electron chi connectivity index (χ1n) is 8.31. The molecule has 0 aliphatic carbocycles. The van der Waals surface area contributed by atoms with Gasteiger partial charge in [0.25, 0.3) is 0 Å². The summed E-state index contributed by atoms with van der Waals surface area (Å²) in [5.41, 5.74) is 1.65. The summed E-state index contributed by atoms with van der Waals surface area (Å²) in [4.78, 5) is 27.9. The zero-order valence-electron chi connectivity index (χ0n) is 14.2. The van der Waals surface area contributed by atoms with Crippen molar-refractivity contribution < 1.29 is 14.3 Å². The number of anilines is 1. The van der Waals surface area contributed by atoms with Crippen LogP contribution in [-0.4, -0.2) is 49.6 Å². The Hall–Kier alpha value is -2.04. The molecule has 0 radical (unpaired) electrons. The maximum atomic E-state index is 12.1. The van der Waals surface area contributed by atoms with Crippen LogP contribution in [0.25, 0.3) is 0 Å². The highest BCUT2D eigenvalue weighted by molar-refractivity contribution is 5.89. The van der Waals surface area contributed by atoms with Gasteiger partial charge in [0.05, 0.1) is 12.2 Å². The zero-order valence-corrected chi connectivity index (χ0v) is 14.2. The van der Waals surface area contributed by atoms with Crippen LogP contribution in [0.2, 0.25) is 0 Å². The molecule has 0 N–H and O–H groups in total. The van der Waals surface area contributed by atoms with Gasteiger partial charge in [-0.2, -0.15) is 0 Å². The Bertz CT molecular complexity index is 532. The fraction of sp³-hybridized carbons (Fsp3) is 0.556. The zero-order chi connectivity index (χ0) is 16.8. The van der Waals surface area contributed by atoms with Crippen molar-refractivity contribution in [3.05, 3.63) is 29.8 Å². The maximum Gasteiger partial charge on any atom is 0.338 e. The summed E-state index contributed by atoms with van der Waals surface area (Å²) >= 11 is 0. The number of piperazine rings is 1. The van der Waals surface area contributed by atoms with Gasteiger partial charge in [-0.15, -0.1) is 0 Å². The molecule has 1 aliphatic heterocycles. The fourth-order valence-corrected chi connectivity index (χ4v) is 2.72. The molecule has 2 rings (SSSR count). The molecule has 0 saturated carbocycles. The molecular weight excluding hydrogens is 292 g/mol. The van der Waals surface area contributed by atoms with E-state index < -0.39 is 0 Å². The Kier molecular flexibility index (Phi) is 6.02. The van der Waals surface area contributed by atoms with Gasteiger partial charge in [-0.1, -0.05) is 13.8 Å². The van der Waals surface area contributed by atoms with Crippen LogP contribution in [0.3, 0.4) is 0 Å². The van der Waals surface area contributed by atoms with E-state index >= 15 is 0 Å². The summed E-state index contributed by atoms with van der Waals surface area (Å²) in [5, 5.41) is 0. The third-order valence-electron chi connectivity index (χ3n) is 3.96. The Labute approximate surface area is 138 Å². The summed E-state index contributed by atoms with van der Waals surface area (Å²) in [6.45, 7) is 9.47. The molecule has 0 bridgehead atoms. The van der Waals surface area contributed by atoms with E-state index in [1.165, 1.54) is 0 Å². The van der Waals surface area contributed by atoms with Gasteiger partial charge in [-0.3, -0.25) is 4.79 Å². The molecule has 126 valence electrons. The number of ether oxygens (including phenoxy) is 1. The van der Waals surface area contributed by atoms with E-state index in [2.05, 4.69) is 18.7 Å². The van der Waals surface area contributed by atoms with Crippen molar-refractivity contribution in [2.75, 3.05) is 37.7 Å². The van der Waals surface area contributed by atoms with E-state index in [1.54, 1.807) is 19.1 Å². The molecule has 0 unspecified atom stereocenters. The number of hydrogen-bond donors (Lipinski definition) is 0. The normalized spacial score (nSPS) is 15.0. The van der Waals surface area contributed by atoms with E-state index in [4.69, 9.17) is 4.74 Å². The molecule has 1 saturated heterocycles. The average Bonchev–Trinajstić information content (AvgIpc) is 2.55. The van der Waals surface area contributed by atoms with Crippen LogP contribution in [0.4, 0.5) is 5.69 Å². The number of carbonyl (C=O) groups is 2. The highest BCUT2D eigenvalue weighted by atomic mass is 16.5. The van der Waals surface area contributed by atoms with Crippen LogP contribution in [-0.2, 0) is 9.53 Å². The standard InChI is InChI=1S/C18H26N2O3/c1-4-23-18(22)15-5-7-16(8-6-15)19-9-11-20(12-10-19)17(21)13-14(2)3/h5-8,14H,4,9-13H2,1-3H3. The predicted molar refractivity (Wildman–Crippen MR) is 90.6 cm³/mol. The molecule has 1 aliphatic rings. The largest absolute Gasteiger partial charge is 0.462 e. The molecule has 1 heterocycles. The summed E-state index contributed by atoms with van der Waals surface area (Å²) < 4.78 is 4.99. The van der Waals surface area contributed by atoms with Crippen molar-refractivity contribution in [2.45, 2.75) is 27.2 Å². The molecular formula is C18H26N2O3. The summed E-state index contributed by atoms with van der Waals surface area (Å²) in [5.74, 6) is 0.358. The third-order valence-corrected chi connectivity index (χ3v) is 3.96. The van der Waals surface area contributed by atoms with E-state index in [9.17, 15) is 9.59 Å². The second-order valence-electron chi connectivity index (χ2n) is 6.23. The molecule has 0 spiro atoms. The maximum absolute atomic E-state index is 12.1. The van der Waals surface area contributed by atoms with Crippen molar-refractivity contribution in [3.63, 3.8) is 0 Å². The smallest absolute Gasteiger partial charge is 0.338 e. The molecule has 1 amide bonds. The summed E-state index contributed by atoms with van der Waals surface area (Å²) in [6, 6.07) is 7.48. The van der Waals surface area contributed by atoms with Gasteiger partial charge in [-0.05, 0) is 37.1 Å². The number of carbonyl (C=O) groups excluding carboxylic acids is 2. The summed E-state index contributed by atoms with van der Waals surface area (Å²) in [6.07, 6.45) is 0.619. The van der Waals surface area contributed by atoms with Crippen molar-refractivity contribution >= 4 is 17.6 Å². The number of amides is 1. The Morgan fingerprint density at radius 1 is 1.09 bits per heavy atom. The topological polar surface area (TPSA) is 49.9 Å². The van der Waals surface area contributed by atoms with Crippen LogP contribution in [0.5, 0.6) is 0 Å². The van der Waals surface area contributed by atoms with Gasteiger partial charge in [0, 0.05) is 38.3 Å². The average molecular weight is 318 g/mol. The van der Waals surface area contributed by atoms with E-state index in [0.717, 1.165) is 31.9 Å². The van der Waals surface area contributed by atoms with Crippen LogP contribution in [0, 0.1) is 5.92 Å². The van der Waals surface area contributed by atoms with E-state index in [1.807, 2.05) is 17.0 Å². The second kappa shape index (κ2) is 7.99. The highest BCUT2D eigenvalue weighted by Crippen LogP contribution is 2.18. The minimum atomic E-state index is -0.289. The lowest BCUT2D eigenvalue weighted by Crippen LogP contribution is -2.49. The Morgan fingerprint density at radius 3 is 2.22 bits per heavy atom. The summed E-state index contributed by atoms with van der Waals surface area (Å²) in [7, 11) is 0. The highest BCUT2D eigenvalue weighted by Gasteiger charge is 2.21. The van der Waals surface area contributed by atoms with Gasteiger partial charge in [-0.25, -0.2) is 4.79 Å². The number of nitrogens with zero attached hydrogens (tertiary/aromatic N) is 2. The minimum Gasteiger partial charge on any atom is -0.462 e. The SMILES string of the molecule is CCOC(=O)c1ccc(N2CCN(C(=O)CC(C)C)CC2)cc1. The van der Waals surface area contributed by atoms with Crippen LogP contribution < -0.4 is 4.90 Å². The van der Waals surface area contributed by atoms with Gasteiger partial charge in [0.2, 0.25) is 5.91 Å². The predicted octanol–water partition coefficient (Wildman–Crippen LogP) is 2.56. The number of esters is 1. The Morgan fingerprint density at radius 2 is 1.70 bits per heavy atom. The monoisotopic (exact) mass is 318 g/mol. The van der Waals surface area contributed by atoms with Gasteiger partial charge in [0.15, 0.2) is 0 Å². The molecule has 1 aromatic carbocycles. The third kappa shape index (κ3) is 4.71. The Balaban J connectivity index is 1.90. The first-order chi connectivity index (χ1) is 11.0. The molecule has 1 aromatic rings. The second-order valence-corrected chi connectivity index (χ2v) is 6.23. The van der Waals surface area contributed by atoms with E-state index in [0.29, 0.717) is 24.5 Å². The molecule has 0 aromatic heterocycles. The fourth-order valence-electron chi connectivity index (χ4n) is 2.72. The lowest BCUT2D eigenvalue weighted by Gasteiger charge is -2.36. The van der Waals surface area contributed by atoms with Gasteiger partial charge in [0.1, 0.15) is 0 Å². The lowest BCUT2D eigenvalue weighted by atomic mass is 10.1. The van der Waals surface area contributed by atoms with Crippen molar-refractivity contribution in [2.24, 2.45) is 5.92 Å². The molecule has 23 heavy (non-hydrogen) atoms. The first kappa shape index (κ1) is 17.3. The van der Waals surface area contributed by atoms with Gasteiger partial charge < -0.3 is 14.5 Å². The van der Waals surface area contributed by atoms with Crippen LogP contribution >= 0.6 is 0 Å². The van der Waals surface area contributed by atoms with Crippen LogP contribution in [0.1, 0.15) is 37.6 Å². The number of hydrogen-bond acceptors (Lipinski definition) is 4. The molecule has 0 atom stereocenters. The van der Waals surface area contributed by atoms with Crippen molar-refractivity contribution in [1.29, 1.82) is 0 Å². The van der Waals surface area contributed by atoms with Crippen molar-refractivity contribution in [3.8, 4) is 0 Å².